The topological polar surface area (TPSA) is 62.0 Å². The molecule has 21 heavy (non-hydrogen) atoms. The minimum absolute atomic E-state index is 0.0501. The zero-order chi connectivity index (χ0) is 15.4. The first-order chi connectivity index (χ1) is 10.0. The highest BCUT2D eigenvalue weighted by Crippen LogP contribution is 2.37. The number of ether oxygens (including phenoxy) is 1. The van der Waals surface area contributed by atoms with E-state index in [2.05, 4.69) is 36.9 Å². The van der Waals surface area contributed by atoms with Crippen LogP contribution in [0.25, 0.3) is 0 Å². The van der Waals surface area contributed by atoms with E-state index in [9.17, 15) is 10.2 Å². The van der Waals surface area contributed by atoms with E-state index < -0.39 is 0 Å². The summed E-state index contributed by atoms with van der Waals surface area (Å²) in [5.74, 6) is 0.605. The summed E-state index contributed by atoms with van der Waals surface area (Å²) < 4.78 is 6.62. The molecule has 0 bridgehead atoms. The Kier molecular flexibility index (Phi) is 5.25. The Morgan fingerprint density at radius 3 is 2.48 bits per heavy atom. The molecule has 0 aliphatic carbocycles. The largest absolute Gasteiger partial charge is 0.508 e. The normalized spacial score (nSPS) is 11.0. The fourth-order valence-corrected chi connectivity index (χ4v) is 3.09. The van der Waals surface area contributed by atoms with Gasteiger partial charge in [-0.3, -0.25) is 4.99 Å². The first-order valence-corrected chi connectivity index (χ1v) is 7.78. The lowest BCUT2D eigenvalue weighted by atomic mass is 10.2. The summed E-state index contributed by atoms with van der Waals surface area (Å²) in [4.78, 5) is 4.33. The Morgan fingerprint density at radius 2 is 1.86 bits per heavy atom. The highest BCUT2D eigenvalue weighted by Gasteiger charge is 2.08. The molecular weight excluding hydrogens is 402 g/mol. The van der Waals surface area contributed by atoms with Crippen molar-refractivity contribution < 1.29 is 14.9 Å². The van der Waals surface area contributed by atoms with Gasteiger partial charge in [-0.2, -0.15) is 0 Å². The van der Waals surface area contributed by atoms with Crippen LogP contribution in [0.15, 0.2) is 44.3 Å². The molecule has 0 aliphatic rings. The van der Waals surface area contributed by atoms with Gasteiger partial charge in [0.2, 0.25) is 0 Å². The average Bonchev–Trinajstić information content (AvgIpc) is 2.41. The number of hydrogen-bond donors (Lipinski definition) is 2. The smallest absolute Gasteiger partial charge is 0.166 e. The molecule has 6 heteroatoms. The van der Waals surface area contributed by atoms with Crippen molar-refractivity contribution in [3.05, 3.63) is 44.8 Å². The maximum absolute atomic E-state index is 10.1. The molecule has 0 spiro atoms. The monoisotopic (exact) mass is 413 g/mol. The van der Waals surface area contributed by atoms with Crippen LogP contribution in [0.1, 0.15) is 12.5 Å². The number of nitrogens with zero attached hydrogens (tertiary/aromatic N) is 1. The van der Waals surface area contributed by atoms with E-state index in [4.69, 9.17) is 4.74 Å². The summed E-state index contributed by atoms with van der Waals surface area (Å²) in [6, 6.07) is 8.32. The maximum atomic E-state index is 10.1. The Hall–Kier alpha value is -1.53. The number of halogens is 2. The van der Waals surface area contributed by atoms with Crippen LogP contribution >= 0.6 is 31.9 Å². The van der Waals surface area contributed by atoms with Crippen LogP contribution in [-0.2, 0) is 0 Å². The third kappa shape index (κ3) is 3.77. The van der Waals surface area contributed by atoms with E-state index in [1.807, 2.05) is 6.92 Å². The fourth-order valence-electron chi connectivity index (χ4n) is 1.73. The lowest BCUT2D eigenvalue weighted by Crippen LogP contribution is -1.93. The highest BCUT2D eigenvalue weighted by molar-refractivity contribution is 9.11. The minimum Gasteiger partial charge on any atom is -0.508 e. The van der Waals surface area contributed by atoms with Crippen molar-refractivity contribution in [1.29, 1.82) is 0 Å². The van der Waals surface area contributed by atoms with Crippen molar-refractivity contribution >= 4 is 43.8 Å². The van der Waals surface area contributed by atoms with E-state index in [-0.39, 0.29) is 11.5 Å². The molecule has 110 valence electrons. The number of para-hydroxylation sites is 1. The molecule has 0 atom stereocenters. The lowest BCUT2D eigenvalue weighted by Gasteiger charge is -2.07. The van der Waals surface area contributed by atoms with Gasteiger partial charge >= 0.3 is 0 Å². The molecule has 2 N–H and O–H groups in total. The molecule has 2 rings (SSSR count). The van der Waals surface area contributed by atoms with E-state index in [0.717, 1.165) is 0 Å². The third-order valence-electron chi connectivity index (χ3n) is 2.66. The second-order valence-electron chi connectivity index (χ2n) is 4.14. The number of aliphatic imine (C=N–C) groups is 1. The van der Waals surface area contributed by atoms with Gasteiger partial charge in [-0.25, -0.2) is 0 Å². The van der Waals surface area contributed by atoms with Crippen LogP contribution in [0.4, 0.5) is 5.69 Å². The van der Waals surface area contributed by atoms with E-state index >= 15 is 0 Å². The van der Waals surface area contributed by atoms with Gasteiger partial charge in [0.15, 0.2) is 11.5 Å². The predicted octanol–water partition coefficient (Wildman–Crippen LogP) is 4.77. The summed E-state index contributed by atoms with van der Waals surface area (Å²) in [6.07, 6.45) is 1.54. The van der Waals surface area contributed by atoms with E-state index in [1.165, 1.54) is 0 Å². The minimum atomic E-state index is 0.0501. The first kappa shape index (κ1) is 15.9. The Morgan fingerprint density at radius 1 is 1.19 bits per heavy atom. The van der Waals surface area contributed by atoms with Gasteiger partial charge in [0.1, 0.15) is 5.75 Å². The fraction of sp³-hybridized carbons (Fsp3) is 0.133. The van der Waals surface area contributed by atoms with Crippen LogP contribution in [0.2, 0.25) is 0 Å². The molecule has 0 aliphatic heterocycles. The number of hydrogen-bond acceptors (Lipinski definition) is 4. The van der Waals surface area contributed by atoms with E-state index in [0.29, 0.717) is 32.6 Å². The first-order valence-electron chi connectivity index (χ1n) is 6.19. The van der Waals surface area contributed by atoms with Crippen LogP contribution in [0, 0.1) is 0 Å². The standard InChI is InChI=1S/C15H13Br2NO3/c1-2-21-13-5-3-4-9(15(13)20)8-18-14-11(16)6-10(19)7-12(14)17/h3-8,19-20H,2H2,1H3. The molecular formula is C15H13Br2NO3. The average molecular weight is 415 g/mol. The molecule has 4 nitrogen and oxygen atoms in total. The zero-order valence-corrected chi connectivity index (χ0v) is 14.3. The van der Waals surface area contributed by atoms with Crippen molar-refractivity contribution in [2.75, 3.05) is 6.61 Å². The summed E-state index contributed by atoms with van der Waals surface area (Å²) in [5.41, 5.74) is 1.17. The molecule has 0 aromatic heterocycles. The van der Waals surface area contributed by atoms with Gasteiger partial charge in [0.05, 0.1) is 12.3 Å². The molecule has 2 aromatic rings. The Labute approximate surface area is 139 Å². The van der Waals surface area contributed by atoms with Crippen LogP contribution in [-0.4, -0.2) is 23.0 Å². The number of benzene rings is 2. The number of phenolic OH excluding ortho intramolecular Hbond substituents is 2. The van der Waals surface area contributed by atoms with Gasteiger partial charge in [-0.15, -0.1) is 0 Å². The zero-order valence-electron chi connectivity index (χ0n) is 11.2. The molecule has 0 fully saturated rings. The lowest BCUT2D eigenvalue weighted by molar-refractivity contribution is 0.318. The van der Waals surface area contributed by atoms with Crippen molar-refractivity contribution in [2.24, 2.45) is 4.99 Å². The Bertz CT molecular complexity index is 664. The summed E-state index contributed by atoms with van der Waals surface area (Å²) in [7, 11) is 0. The van der Waals surface area contributed by atoms with Gasteiger partial charge in [-0.1, -0.05) is 6.07 Å². The second-order valence-corrected chi connectivity index (χ2v) is 5.85. The number of rotatable bonds is 4. The molecule has 0 radical (unpaired) electrons. The van der Waals surface area contributed by atoms with Crippen LogP contribution in [0.3, 0.4) is 0 Å². The molecule has 0 unspecified atom stereocenters. The van der Waals surface area contributed by atoms with Crippen molar-refractivity contribution in [3.63, 3.8) is 0 Å². The van der Waals surface area contributed by atoms with Crippen molar-refractivity contribution in [2.45, 2.75) is 6.92 Å². The quantitative estimate of drug-likeness (QED) is 0.708. The van der Waals surface area contributed by atoms with Gasteiger partial charge in [-0.05, 0) is 63.0 Å². The number of phenols is 2. The predicted molar refractivity (Wildman–Crippen MR) is 90.0 cm³/mol. The van der Waals surface area contributed by atoms with Crippen LogP contribution in [0.5, 0.6) is 17.2 Å². The Balaban J connectivity index is 2.36. The van der Waals surface area contributed by atoms with Crippen molar-refractivity contribution in [3.8, 4) is 17.2 Å². The molecule has 0 saturated heterocycles. The van der Waals surface area contributed by atoms with Crippen LogP contribution < -0.4 is 4.74 Å². The SMILES string of the molecule is CCOc1cccc(C=Nc2c(Br)cc(O)cc2Br)c1O. The third-order valence-corrected chi connectivity index (χ3v) is 3.87. The number of aromatic hydroxyl groups is 2. The second kappa shape index (κ2) is 6.95. The summed E-state index contributed by atoms with van der Waals surface area (Å²) in [6.45, 7) is 2.33. The van der Waals surface area contributed by atoms with Gasteiger partial charge < -0.3 is 14.9 Å². The molecule has 2 aromatic carbocycles. The summed E-state index contributed by atoms with van der Waals surface area (Å²) >= 11 is 6.68. The molecule has 0 amide bonds. The van der Waals surface area contributed by atoms with Crippen molar-refractivity contribution in [1.82, 2.24) is 0 Å². The molecule has 0 heterocycles. The molecule has 0 saturated carbocycles. The van der Waals surface area contributed by atoms with E-state index in [1.54, 1.807) is 36.5 Å². The van der Waals surface area contributed by atoms with Gasteiger partial charge in [0, 0.05) is 20.7 Å². The maximum Gasteiger partial charge on any atom is 0.166 e. The summed E-state index contributed by atoms with van der Waals surface area (Å²) in [5, 5.41) is 19.6. The van der Waals surface area contributed by atoms with Gasteiger partial charge in [0.25, 0.3) is 0 Å². The highest BCUT2D eigenvalue weighted by atomic mass is 79.9.